The molecule has 0 unspecified atom stereocenters. The number of halogens is 1. The Morgan fingerprint density at radius 2 is 2.24 bits per heavy atom. The van der Waals surface area contributed by atoms with E-state index in [-0.39, 0.29) is 6.79 Å². The molecule has 0 amide bonds. The number of fused-ring (bicyclic) bond motifs is 1. The Morgan fingerprint density at radius 3 is 3.00 bits per heavy atom. The van der Waals surface area contributed by atoms with Crippen LogP contribution in [0.1, 0.15) is 5.56 Å². The van der Waals surface area contributed by atoms with Crippen molar-refractivity contribution in [2.45, 2.75) is 6.61 Å². The quantitative estimate of drug-likeness (QED) is 0.815. The van der Waals surface area contributed by atoms with Crippen LogP contribution in [0.3, 0.4) is 0 Å². The maximum Gasteiger partial charge on any atom is 0.189 e. The normalized spacial score (nSPS) is 14.2. The van der Waals surface area contributed by atoms with Crippen LogP contribution in [0.2, 0.25) is 5.02 Å². The number of nitrogens with zero attached hydrogens (tertiary/aromatic N) is 1. The van der Waals surface area contributed by atoms with Crippen molar-refractivity contribution in [3.8, 4) is 16.9 Å². The maximum atomic E-state index is 6.07. The van der Waals surface area contributed by atoms with Gasteiger partial charge in [0.15, 0.2) is 6.79 Å². The Labute approximate surface area is 102 Å². The Bertz CT molecular complexity index is 568. The first-order valence-electron chi connectivity index (χ1n) is 5.08. The fourth-order valence-corrected chi connectivity index (χ4v) is 2.13. The van der Waals surface area contributed by atoms with E-state index in [4.69, 9.17) is 26.8 Å². The number of ether oxygens (including phenoxy) is 2. The molecule has 3 rings (SSSR count). The average Bonchev–Trinajstić information content (AvgIpc) is 2.74. The van der Waals surface area contributed by atoms with Crippen LogP contribution in [0.15, 0.2) is 18.3 Å². The number of nitrogens with one attached hydrogen (secondary N) is 1. The predicted molar refractivity (Wildman–Crippen MR) is 63.7 cm³/mol. The lowest BCUT2D eigenvalue weighted by atomic mass is 10.0. The van der Waals surface area contributed by atoms with E-state index in [9.17, 15) is 0 Å². The van der Waals surface area contributed by atoms with Gasteiger partial charge in [0.05, 0.1) is 12.8 Å². The SMILES string of the molecule is Nc1[nH]ncc1-c1cc(Cl)cc2c1OCOC2. The van der Waals surface area contributed by atoms with E-state index in [1.54, 1.807) is 6.20 Å². The van der Waals surface area contributed by atoms with Crippen molar-refractivity contribution in [2.75, 3.05) is 12.5 Å². The molecule has 6 heteroatoms. The topological polar surface area (TPSA) is 73.2 Å². The van der Waals surface area contributed by atoms with Crippen molar-refractivity contribution >= 4 is 17.4 Å². The summed E-state index contributed by atoms with van der Waals surface area (Å²) in [6.45, 7) is 0.722. The summed E-state index contributed by atoms with van der Waals surface area (Å²) in [5, 5.41) is 7.21. The Hall–Kier alpha value is -1.72. The first kappa shape index (κ1) is 10.4. The standard InChI is InChI=1S/C11H10ClN3O2/c12-7-1-6-4-16-5-17-10(6)8(2-7)9-3-14-15-11(9)13/h1-3H,4-5H2,(H3,13,14,15). The van der Waals surface area contributed by atoms with E-state index in [1.807, 2.05) is 12.1 Å². The molecule has 0 atom stereocenters. The number of benzene rings is 1. The molecule has 1 aliphatic rings. The van der Waals surface area contributed by atoms with Crippen LogP contribution in [0.25, 0.3) is 11.1 Å². The molecule has 2 aromatic rings. The number of aromatic nitrogens is 2. The highest BCUT2D eigenvalue weighted by molar-refractivity contribution is 6.31. The minimum Gasteiger partial charge on any atom is -0.467 e. The van der Waals surface area contributed by atoms with Gasteiger partial charge in [-0.1, -0.05) is 11.6 Å². The van der Waals surface area contributed by atoms with Crippen molar-refractivity contribution in [3.05, 3.63) is 28.9 Å². The van der Waals surface area contributed by atoms with Crippen LogP contribution < -0.4 is 10.5 Å². The fourth-order valence-electron chi connectivity index (χ4n) is 1.89. The summed E-state index contributed by atoms with van der Waals surface area (Å²) in [6.07, 6.45) is 1.65. The zero-order chi connectivity index (χ0) is 11.8. The highest BCUT2D eigenvalue weighted by Crippen LogP contribution is 2.39. The van der Waals surface area contributed by atoms with Crippen LogP contribution in [-0.2, 0) is 11.3 Å². The van der Waals surface area contributed by atoms with E-state index in [0.29, 0.717) is 17.4 Å². The van der Waals surface area contributed by atoms with Crippen LogP contribution in [0.4, 0.5) is 5.82 Å². The highest BCUT2D eigenvalue weighted by atomic mass is 35.5. The molecule has 2 heterocycles. The van der Waals surface area contributed by atoms with Gasteiger partial charge >= 0.3 is 0 Å². The molecule has 1 aromatic heterocycles. The molecular weight excluding hydrogens is 242 g/mol. The van der Waals surface area contributed by atoms with E-state index in [2.05, 4.69) is 10.2 Å². The maximum absolute atomic E-state index is 6.07. The number of hydrogen-bond donors (Lipinski definition) is 2. The van der Waals surface area contributed by atoms with Crippen LogP contribution in [0, 0.1) is 0 Å². The lowest BCUT2D eigenvalue weighted by molar-refractivity contribution is -0.0159. The number of H-pyrrole nitrogens is 1. The van der Waals surface area contributed by atoms with E-state index < -0.39 is 0 Å². The zero-order valence-corrected chi connectivity index (χ0v) is 9.62. The minimum absolute atomic E-state index is 0.236. The van der Waals surface area contributed by atoms with Crippen molar-refractivity contribution in [2.24, 2.45) is 0 Å². The van der Waals surface area contributed by atoms with Crippen LogP contribution in [-0.4, -0.2) is 17.0 Å². The summed E-state index contributed by atoms with van der Waals surface area (Å²) in [4.78, 5) is 0. The zero-order valence-electron chi connectivity index (χ0n) is 8.87. The van der Waals surface area contributed by atoms with E-state index in [0.717, 1.165) is 22.4 Å². The number of rotatable bonds is 1. The third kappa shape index (κ3) is 1.73. The summed E-state index contributed by atoms with van der Waals surface area (Å²) in [6, 6.07) is 3.64. The van der Waals surface area contributed by atoms with Gasteiger partial charge in [0.25, 0.3) is 0 Å². The first-order chi connectivity index (χ1) is 8.25. The van der Waals surface area contributed by atoms with Gasteiger partial charge in [0.2, 0.25) is 0 Å². The highest BCUT2D eigenvalue weighted by Gasteiger charge is 2.19. The molecule has 5 nitrogen and oxygen atoms in total. The Kier molecular flexibility index (Phi) is 2.42. The van der Waals surface area contributed by atoms with Gasteiger partial charge in [0, 0.05) is 21.7 Å². The summed E-state index contributed by atoms with van der Waals surface area (Å²) in [7, 11) is 0. The van der Waals surface area contributed by atoms with Gasteiger partial charge in [-0.15, -0.1) is 0 Å². The van der Waals surface area contributed by atoms with Crippen molar-refractivity contribution in [1.29, 1.82) is 0 Å². The molecule has 0 aliphatic carbocycles. The van der Waals surface area contributed by atoms with Crippen LogP contribution >= 0.6 is 11.6 Å². The number of anilines is 1. The molecule has 0 fully saturated rings. The van der Waals surface area contributed by atoms with Crippen molar-refractivity contribution in [3.63, 3.8) is 0 Å². The Morgan fingerprint density at radius 1 is 1.35 bits per heavy atom. The number of hydrogen-bond acceptors (Lipinski definition) is 4. The fraction of sp³-hybridized carbons (Fsp3) is 0.182. The van der Waals surface area contributed by atoms with E-state index in [1.165, 1.54) is 0 Å². The number of nitrogen functional groups attached to an aromatic ring is 1. The molecule has 1 aromatic carbocycles. The third-order valence-electron chi connectivity index (χ3n) is 2.63. The smallest absolute Gasteiger partial charge is 0.189 e. The van der Waals surface area contributed by atoms with Crippen LogP contribution in [0.5, 0.6) is 5.75 Å². The van der Waals surface area contributed by atoms with E-state index >= 15 is 0 Å². The average molecular weight is 252 g/mol. The summed E-state index contributed by atoms with van der Waals surface area (Å²) < 4.78 is 10.7. The summed E-state index contributed by atoms with van der Waals surface area (Å²) in [5.74, 6) is 1.25. The lowest BCUT2D eigenvalue weighted by Gasteiger charge is -2.20. The van der Waals surface area contributed by atoms with Gasteiger partial charge in [0.1, 0.15) is 11.6 Å². The van der Waals surface area contributed by atoms with Crippen molar-refractivity contribution in [1.82, 2.24) is 10.2 Å². The molecule has 1 aliphatic heterocycles. The predicted octanol–water partition coefficient (Wildman–Crippen LogP) is 2.18. The summed E-state index contributed by atoms with van der Waals surface area (Å²) in [5.41, 5.74) is 8.34. The molecule has 17 heavy (non-hydrogen) atoms. The Balaban J connectivity index is 2.22. The van der Waals surface area contributed by atoms with Gasteiger partial charge in [-0.2, -0.15) is 5.10 Å². The second kappa shape index (κ2) is 3.94. The van der Waals surface area contributed by atoms with Gasteiger partial charge in [-0.05, 0) is 12.1 Å². The molecule has 0 radical (unpaired) electrons. The largest absolute Gasteiger partial charge is 0.467 e. The van der Waals surface area contributed by atoms with Crippen molar-refractivity contribution < 1.29 is 9.47 Å². The van der Waals surface area contributed by atoms with Gasteiger partial charge in [-0.25, -0.2) is 0 Å². The monoisotopic (exact) mass is 251 g/mol. The number of aromatic amines is 1. The van der Waals surface area contributed by atoms with Gasteiger partial charge in [-0.3, -0.25) is 5.10 Å². The number of nitrogens with two attached hydrogens (primary N) is 1. The summed E-state index contributed by atoms with van der Waals surface area (Å²) >= 11 is 6.07. The van der Waals surface area contributed by atoms with Gasteiger partial charge < -0.3 is 15.2 Å². The third-order valence-corrected chi connectivity index (χ3v) is 2.85. The molecule has 88 valence electrons. The molecule has 0 spiro atoms. The second-order valence-corrected chi connectivity index (χ2v) is 4.19. The molecule has 0 saturated heterocycles. The molecule has 3 N–H and O–H groups in total. The molecule has 0 saturated carbocycles. The molecular formula is C11H10ClN3O2. The second-order valence-electron chi connectivity index (χ2n) is 3.75. The molecule has 0 bridgehead atoms. The minimum atomic E-state index is 0.236. The first-order valence-corrected chi connectivity index (χ1v) is 5.45. The lowest BCUT2D eigenvalue weighted by Crippen LogP contribution is -2.12.